The van der Waals surface area contributed by atoms with Gasteiger partial charge in [-0.3, -0.25) is 9.69 Å². The average Bonchev–Trinajstić information content (AvgIpc) is 1.64. The molecule has 0 aliphatic heterocycles. The number of carboxylic acid groups (broad SMARTS) is 1. The van der Waals surface area contributed by atoms with Crippen LogP contribution in [0.25, 0.3) is 0 Å². The summed E-state index contributed by atoms with van der Waals surface area (Å²) < 4.78 is 0. The van der Waals surface area contributed by atoms with Gasteiger partial charge < -0.3 is 10.2 Å². The van der Waals surface area contributed by atoms with Gasteiger partial charge in [-0.25, -0.2) is 0 Å². The van der Waals surface area contributed by atoms with E-state index >= 15 is 0 Å². The van der Waals surface area contributed by atoms with Crippen molar-refractivity contribution in [2.75, 3.05) is 20.7 Å². The molecule has 54 valence electrons. The fourth-order valence-electron chi connectivity index (χ4n) is 0.462. The van der Waals surface area contributed by atoms with Crippen LogP contribution in [0.1, 0.15) is 0 Å². The first-order chi connectivity index (χ1) is 4.09. The Morgan fingerprint density at radius 1 is 1.67 bits per heavy atom. The largest absolute Gasteiger partial charge is 0.480 e. The van der Waals surface area contributed by atoms with E-state index in [0.29, 0.717) is 0 Å². The fraction of sp³-hybridized carbons (Fsp3) is 0.800. The Hall–Kier alpha value is -0.610. The number of carbonyl (C=O) groups is 1. The molecule has 4 nitrogen and oxygen atoms in total. The highest BCUT2D eigenvalue weighted by molar-refractivity contribution is 5.73. The van der Waals surface area contributed by atoms with E-state index in [1.165, 1.54) is 4.90 Å². The Kier molecular flexibility index (Phi) is 3.19. The molecule has 0 aromatic rings. The molecule has 0 radical (unpaired) electrons. The predicted octanol–water partition coefficient (Wildman–Crippen LogP) is -1.01. The molecule has 0 aromatic carbocycles. The van der Waals surface area contributed by atoms with Crippen LogP contribution < -0.4 is 0 Å². The summed E-state index contributed by atoms with van der Waals surface area (Å²) in [5.74, 6) is -0.998. The summed E-state index contributed by atoms with van der Waals surface area (Å²) in [7, 11) is 3.21. The molecule has 1 atom stereocenters. The highest BCUT2D eigenvalue weighted by Crippen LogP contribution is 1.89. The molecule has 2 N–H and O–H groups in total. The third kappa shape index (κ3) is 2.43. The van der Waals surface area contributed by atoms with Gasteiger partial charge in [0.25, 0.3) is 0 Å². The van der Waals surface area contributed by atoms with E-state index in [1.54, 1.807) is 14.1 Å². The van der Waals surface area contributed by atoms with Crippen LogP contribution in [0, 0.1) is 0 Å². The molecule has 0 aliphatic carbocycles. The number of aliphatic hydroxyl groups is 1. The molecule has 0 aliphatic rings. The summed E-state index contributed by atoms with van der Waals surface area (Å²) in [6.45, 7) is -0.345. The molecule has 0 amide bonds. The first kappa shape index (κ1) is 8.39. The number of rotatable bonds is 3. The van der Waals surface area contributed by atoms with Crippen LogP contribution in [-0.2, 0) is 4.79 Å². The molecule has 0 heterocycles. The maximum atomic E-state index is 10.2. The normalized spacial score (nSPS) is 13.8. The van der Waals surface area contributed by atoms with Gasteiger partial charge >= 0.3 is 5.97 Å². The van der Waals surface area contributed by atoms with Crippen LogP contribution in [0.15, 0.2) is 0 Å². The molecule has 0 bridgehead atoms. The van der Waals surface area contributed by atoms with Gasteiger partial charge in [-0.1, -0.05) is 0 Å². The Labute approximate surface area is 53.7 Å². The average molecular weight is 133 g/mol. The molecule has 0 rings (SSSR count). The van der Waals surface area contributed by atoms with Crippen molar-refractivity contribution in [1.29, 1.82) is 0 Å². The van der Waals surface area contributed by atoms with E-state index < -0.39 is 12.0 Å². The van der Waals surface area contributed by atoms with Crippen molar-refractivity contribution < 1.29 is 15.0 Å². The van der Waals surface area contributed by atoms with Crippen LogP contribution >= 0.6 is 0 Å². The Morgan fingerprint density at radius 3 is 2.11 bits per heavy atom. The predicted molar refractivity (Wildman–Crippen MR) is 32.2 cm³/mol. The molecule has 0 saturated carbocycles. The molecule has 0 aromatic heterocycles. The van der Waals surface area contributed by atoms with Gasteiger partial charge in [0.2, 0.25) is 0 Å². The van der Waals surface area contributed by atoms with Gasteiger partial charge in [0.1, 0.15) is 6.04 Å². The van der Waals surface area contributed by atoms with E-state index in [9.17, 15) is 4.79 Å². The van der Waals surface area contributed by atoms with Crippen LogP contribution in [-0.4, -0.2) is 47.8 Å². The summed E-state index contributed by atoms with van der Waals surface area (Å²) in [6, 6.07) is -0.773. The Morgan fingerprint density at radius 2 is 2.11 bits per heavy atom. The lowest BCUT2D eigenvalue weighted by molar-refractivity contribution is -0.143. The number of aliphatic hydroxyl groups excluding tert-OH is 1. The lowest BCUT2D eigenvalue weighted by atomic mass is 10.3. The van der Waals surface area contributed by atoms with Gasteiger partial charge in [0.15, 0.2) is 0 Å². The minimum absolute atomic E-state index is 0.345. The number of hydrogen-bond donors (Lipinski definition) is 2. The minimum Gasteiger partial charge on any atom is -0.480 e. The van der Waals surface area contributed by atoms with Gasteiger partial charge in [0.05, 0.1) is 6.61 Å². The standard InChI is InChI=1S/C5H11NO3/c1-6(2)4(3-7)5(8)9/h4,7H,3H2,1-2H3,(H,8,9). The summed E-state index contributed by atoms with van der Waals surface area (Å²) in [6.07, 6.45) is 0. The van der Waals surface area contributed by atoms with E-state index in [0.717, 1.165) is 0 Å². The smallest absolute Gasteiger partial charge is 0.323 e. The second-order valence-corrected chi connectivity index (χ2v) is 2.00. The highest BCUT2D eigenvalue weighted by atomic mass is 16.4. The van der Waals surface area contributed by atoms with Gasteiger partial charge in [-0.15, -0.1) is 0 Å². The first-order valence-electron chi connectivity index (χ1n) is 2.59. The molecular weight excluding hydrogens is 122 g/mol. The van der Waals surface area contributed by atoms with Crippen molar-refractivity contribution in [2.24, 2.45) is 0 Å². The van der Waals surface area contributed by atoms with Crippen LogP contribution in [0.4, 0.5) is 0 Å². The quantitative estimate of drug-likeness (QED) is 0.518. The monoisotopic (exact) mass is 133 g/mol. The van der Waals surface area contributed by atoms with E-state index in [1.807, 2.05) is 0 Å². The van der Waals surface area contributed by atoms with Crippen LogP contribution in [0.5, 0.6) is 0 Å². The lowest BCUT2D eigenvalue weighted by Crippen LogP contribution is -2.38. The summed E-state index contributed by atoms with van der Waals surface area (Å²) in [5, 5.41) is 16.8. The van der Waals surface area contributed by atoms with Crippen molar-refractivity contribution in [2.45, 2.75) is 6.04 Å². The molecule has 0 saturated heterocycles. The number of aliphatic carboxylic acids is 1. The van der Waals surface area contributed by atoms with E-state index in [4.69, 9.17) is 10.2 Å². The third-order valence-corrected chi connectivity index (χ3v) is 1.08. The van der Waals surface area contributed by atoms with Crippen molar-refractivity contribution >= 4 is 5.97 Å². The summed E-state index contributed by atoms with van der Waals surface area (Å²) >= 11 is 0. The van der Waals surface area contributed by atoms with E-state index in [-0.39, 0.29) is 6.61 Å². The molecule has 1 unspecified atom stereocenters. The zero-order chi connectivity index (χ0) is 7.44. The SMILES string of the molecule is CN(C)C(CO)C(=O)O. The molecule has 4 heteroatoms. The third-order valence-electron chi connectivity index (χ3n) is 1.08. The first-order valence-corrected chi connectivity index (χ1v) is 2.59. The Bertz CT molecular complexity index is 102. The van der Waals surface area contributed by atoms with Crippen molar-refractivity contribution in [3.8, 4) is 0 Å². The van der Waals surface area contributed by atoms with Crippen LogP contribution in [0.3, 0.4) is 0 Å². The molecule has 9 heavy (non-hydrogen) atoms. The number of carboxylic acids is 1. The number of likely N-dealkylation sites (N-methyl/N-ethyl adjacent to an activating group) is 1. The molecular formula is C5H11NO3. The van der Waals surface area contributed by atoms with Crippen molar-refractivity contribution in [1.82, 2.24) is 4.90 Å². The fourth-order valence-corrected chi connectivity index (χ4v) is 0.462. The lowest BCUT2D eigenvalue weighted by Gasteiger charge is -2.16. The molecule has 0 fully saturated rings. The van der Waals surface area contributed by atoms with Crippen molar-refractivity contribution in [3.63, 3.8) is 0 Å². The summed E-state index contributed by atoms with van der Waals surface area (Å²) in [5.41, 5.74) is 0. The molecule has 0 spiro atoms. The minimum atomic E-state index is -0.998. The topological polar surface area (TPSA) is 60.8 Å². The van der Waals surface area contributed by atoms with Gasteiger partial charge in [-0.2, -0.15) is 0 Å². The van der Waals surface area contributed by atoms with Crippen molar-refractivity contribution in [3.05, 3.63) is 0 Å². The number of nitrogens with zero attached hydrogens (tertiary/aromatic N) is 1. The Balaban J connectivity index is 3.83. The maximum Gasteiger partial charge on any atom is 0.323 e. The zero-order valence-electron chi connectivity index (χ0n) is 5.53. The zero-order valence-corrected chi connectivity index (χ0v) is 5.53. The maximum absolute atomic E-state index is 10.2. The van der Waals surface area contributed by atoms with Crippen LogP contribution in [0.2, 0.25) is 0 Å². The highest BCUT2D eigenvalue weighted by Gasteiger charge is 2.17. The van der Waals surface area contributed by atoms with E-state index in [2.05, 4.69) is 0 Å². The van der Waals surface area contributed by atoms with Gasteiger partial charge in [-0.05, 0) is 14.1 Å². The number of hydrogen-bond acceptors (Lipinski definition) is 3. The second kappa shape index (κ2) is 3.42. The summed E-state index contributed by atoms with van der Waals surface area (Å²) in [4.78, 5) is 11.6. The second-order valence-electron chi connectivity index (χ2n) is 2.00. The van der Waals surface area contributed by atoms with Gasteiger partial charge in [0, 0.05) is 0 Å².